The van der Waals surface area contributed by atoms with E-state index in [9.17, 15) is 9.90 Å². The quantitative estimate of drug-likeness (QED) is 0.298. The number of aromatic nitrogens is 2. The number of hydrogen-bond acceptors (Lipinski definition) is 2. The van der Waals surface area contributed by atoms with Crippen molar-refractivity contribution in [1.29, 1.82) is 0 Å². The van der Waals surface area contributed by atoms with Crippen LogP contribution in [0.2, 0.25) is 0 Å². The topological polar surface area (TPSA) is 66.0 Å². The smallest absolute Gasteiger partial charge is 0.337 e. The Morgan fingerprint density at radius 2 is 1.42 bits per heavy atom. The van der Waals surface area contributed by atoms with Crippen molar-refractivity contribution in [1.82, 2.24) is 9.97 Å². The summed E-state index contributed by atoms with van der Waals surface area (Å²) < 4.78 is 0. The maximum Gasteiger partial charge on any atom is 0.337 e. The van der Waals surface area contributed by atoms with E-state index in [0.29, 0.717) is 11.3 Å². The monoisotopic (exact) mass is 432 g/mol. The van der Waals surface area contributed by atoms with E-state index in [4.69, 9.17) is 0 Å². The Balaban J connectivity index is 1.32. The normalized spacial score (nSPS) is 11.0. The molecule has 0 aliphatic heterocycles. The maximum atomic E-state index is 11.5. The minimum Gasteiger partial charge on any atom is -0.478 e. The Bertz CT molecular complexity index is 1400. The Hall–Kier alpha value is -4.18. The predicted octanol–water partition coefficient (Wildman–Crippen LogP) is 6.77. The lowest BCUT2D eigenvalue weighted by Crippen LogP contribution is -1.96. The molecule has 0 unspecified atom stereocenters. The van der Waals surface area contributed by atoms with Crippen LogP contribution in [-0.2, 0) is 12.8 Å². The molecule has 0 radical (unpaired) electrons. The fourth-order valence-corrected chi connectivity index (χ4v) is 4.21. The predicted molar refractivity (Wildman–Crippen MR) is 132 cm³/mol. The first-order valence-corrected chi connectivity index (χ1v) is 11.1. The van der Waals surface area contributed by atoms with Crippen molar-refractivity contribution in [2.45, 2.75) is 19.3 Å². The molecule has 162 valence electrons. The van der Waals surface area contributed by atoms with Gasteiger partial charge in [-0.1, -0.05) is 84.9 Å². The third kappa shape index (κ3) is 4.55. The molecule has 0 amide bonds. The average Bonchev–Trinajstić information content (AvgIpc) is 3.29. The Morgan fingerprint density at radius 1 is 0.727 bits per heavy atom. The number of imidazole rings is 1. The fraction of sp³-hybridized carbons (Fsp3) is 0.103. The van der Waals surface area contributed by atoms with Gasteiger partial charge in [-0.25, -0.2) is 9.78 Å². The molecular formula is C29H24N2O2. The first-order chi connectivity index (χ1) is 16.2. The Morgan fingerprint density at radius 3 is 2.21 bits per heavy atom. The number of hydrogen-bond donors (Lipinski definition) is 2. The molecule has 1 aromatic heterocycles. The number of aromatic carboxylic acids is 1. The summed E-state index contributed by atoms with van der Waals surface area (Å²) in [6.07, 6.45) is 3.25. The molecule has 0 bridgehead atoms. The minimum atomic E-state index is -0.974. The largest absolute Gasteiger partial charge is 0.478 e. The molecule has 5 aromatic rings. The van der Waals surface area contributed by atoms with Gasteiger partial charge in [-0.2, -0.15) is 0 Å². The summed E-state index contributed by atoms with van der Waals surface area (Å²) in [5.41, 5.74) is 7.38. The lowest BCUT2D eigenvalue weighted by atomic mass is 9.98. The number of carboxylic acids is 1. The van der Waals surface area contributed by atoms with Crippen molar-refractivity contribution in [3.05, 3.63) is 114 Å². The van der Waals surface area contributed by atoms with Crippen LogP contribution in [-0.4, -0.2) is 21.0 Å². The van der Waals surface area contributed by atoms with Crippen molar-refractivity contribution in [2.75, 3.05) is 0 Å². The molecule has 0 aliphatic carbocycles. The standard InChI is InChI=1S/C29H24N2O2/c32-29(33)25-13-6-14-26-27(25)31-28(30-26)23-17-15-22(16-18-23)24-12-5-11-21(19-24)10-4-9-20-7-2-1-3-8-20/h1-3,5-8,11-19H,4,9-10H2,(H,30,31)(H,32,33). The maximum absolute atomic E-state index is 11.5. The van der Waals surface area contributed by atoms with Crippen LogP contribution < -0.4 is 0 Å². The van der Waals surface area contributed by atoms with Gasteiger partial charge in [-0.05, 0) is 53.6 Å². The van der Waals surface area contributed by atoms with Gasteiger partial charge in [0.1, 0.15) is 11.3 Å². The summed E-state index contributed by atoms with van der Waals surface area (Å²) >= 11 is 0. The highest BCUT2D eigenvalue weighted by molar-refractivity contribution is 6.01. The second kappa shape index (κ2) is 9.13. The summed E-state index contributed by atoms with van der Waals surface area (Å²) in [6, 6.07) is 32.7. The molecule has 33 heavy (non-hydrogen) atoms. The van der Waals surface area contributed by atoms with Crippen LogP contribution in [0.1, 0.15) is 27.9 Å². The molecule has 0 spiro atoms. The lowest BCUT2D eigenvalue weighted by Gasteiger charge is -2.07. The van der Waals surface area contributed by atoms with E-state index in [1.807, 2.05) is 18.2 Å². The van der Waals surface area contributed by atoms with Crippen LogP contribution in [0, 0.1) is 0 Å². The van der Waals surface area contributed by atoms with Gasteiger partial charge in [0.05, 0.1) is 11.1 Å². The molecule has 0 saturated heterocycles. The van der Waals surface area contributed by atoms with E-state index in [-0.39, 0.29) is 5.56 Å². The molecule has 4 aromatic carbocycles. The van der Waals surface area contributed by atoms with Gasteiger partial charge in [-0.15, -0.1) is 0 Å². The molecule has 4 heteroatoms. The summed E-state index contributed by atoms with van der Waals surface area (Å²) in [5, 5.41) is 9.41. The number of benzene rings is 4. The van der Waals surface area contributed by atoms with Crippen molar-refractivity contribution in [3.63, 3.8) is 0 Å². The van der Waals surface area contributed by atoms with Gasteiger partial charge in [-0.3, -0.25) is 0 Å². The van der Waals surface area contributed by atoms with Crippen LogP contribution >= 0.6 is 0 Å². The number of carbonyl (C=O) groups is 1. The van der Waals surface area contributed by atoms with Crippen molar-refractivity contribution in [3.8, 4) is 22.5 Å². The zero-order valence-corrected chi connectivity index (χ0v) is 18.2. The highest BCUT2D eigenvalue weighted by atomic mass is 16.4. The van der Waals surface area contributed by atoms with Crippen LogP contribution in [0.15, 0.2) is 97.1 Å². The van der Waals surface area contributed by atoms with Crippen LogP contribution in [0.4, 0.5) is 0 Å². The molecule has 0 atom stereocenters. The molecule has 0 saturated carbocycles. The summed E-state index contributed by atoms with van der Waals surface area (Å²) in [4.78, 5) is 19.3. The lowest BCUT2D eigenvalue weighted by molar-refractivity contribution is 0.0699. The molecule has 4 nitrogen and oxygen atoms in total. The Labute approximate surface area is 192 Å². The molecule has 0 fully saturated rings. The van der Waals surface area contributed by atoms with Crippen molar-refractivity contribution < 1.29 is 9.90 Å². The van der Waals surface area contributed by atoms with Gasteiger partial charge in [0.2, 0.25) is 0 Å². The molecule has 5 rings (SSSR count). The summed E-state index contributed by atoms with van der Waals surface area (Å²) in [5.74, 6) is -0.308. The molecule has 0 aliphatic rings. The van der Waals surface area contributed by atoms with E-state index in [2.05, 4.69) is 76.7 Å². The molecular weight excluding hydrogens is 408 g/mol. The van der Waals surface area contributed by atoms with E-state index in [0.717, 1.165) is 35.9 Å². The number of nitrogens with one attached hydrogen (secondary N) is 1. The minimum absolute atomic E-state index is 0.204. The number of rotatable bonds is 7. The number of carboxylic acid groups (broad SMARTS) is 1. The van der Waals surface area contributed by atoms with E-state index < -0.39 is 5.97 Å². The number of H-pyrrole nitrogens is 1. The van der Waals surface area contributed by atoms with Crippen LogP contribution in [0.5, 0.6) is 0 Å². The highest BCUT2D eigenvalue weighted by Gasteiger charge is 2.13. The van der Waals surface area contributed by atoms with Gasteiger partial charge in [0, 0.05) is 5.56 Å². The van der Waals surface area contributed by atoms with E-state index in [1.54, 1.807) is 12.1 Å². The van der Waals surface area contributed by atoms with Gasteiger partial charge in [0.15, 0.2) is 0 Å². The zero-order valence-electron chi connectivity index (χ0n) is 18.2. The first-order valence-electron chi connectivity index (χ1n) is 11.1. The molecule has 2 N–H and O–H groups in total. The van der Waals surface area contributed by atoms with Crippen LogP contribution in [0.3, 0.4) is 0 Å². The zero-order chi connectivity index (χ0) is 22.6. The van der Waals surface area contributed by atoms with Gasteiger partial charge in [0.25, 0.3) is 0 Å². The van der Waals surface area contributed by atoms with Crippen molar-refractivity contribution in [2.24, 2.45) is 0 Å². The van der Waals surface area contributed by atoms with E-state index >= 15 is 0 Å². The summed E-state index contributed by atoms with van der Waals surface area (Å²) in [6.45, 7) is 0. The third-order valence-electron chi connectivity index (χ3n) is 5.94. The van der Waals surface area contributed by atoms with Crippen molar-refractivity contribution >= 4 is 17.0 Å². The average molecular weight is 433 g/mol. The van der Waals surface area contributed by atoms with Crippen LogP contribution in [0.25, 0.3) is 33.5 Å². The highest BCUT2D eigenvalue weighted by Crippen LogP contribution is 2.27. The SMILES string of the molecule is O=C(O)c1cccc2[nH]c(-c3ccc(-c4cccc(CCCc5ccccc5)c4)cc3)nc12. The summed E-state index contributed by atoms with van der Waals surface area (Å²) in [7, 11) is 0. The number of fused-ring (bicyclic) bond motifs is 1. The number of aryl methyl sites for hydroxylation is 2. The first kappa shape index (κ1) is 20.7. The number of para-hydroxylation sites is 1. The second-order valence-corrected chi connectivity index (χ2v) is 8.21. The van der Waals surface area contributed by atoms with Gasteiger partial charge >= 0.3 is 5.97 Å². The third-order valence-corrected chi connectivity index (χ3v) is 5.94. The number of aromatic amines is 1. The van der Waals surface area contributed by atoms with E-state index in [1.165, 1.54) is 16.7 Å². The fourth-order valence-electron chi connectivity index (χ4n) is 4.21. The number of nitrogens with zero attached hydrogens (tertiary/aromatic N) is 1. The Kier molecular flexibility index (Phi) is 5.73. The second-order valence-electron chi connectivity index (χ2n) is 8.21. The van der Waals surface area contributed by atoms with Gasteiger partial charge < -0.3 is 10.1 Å². The molecule has 1 heterocycles.